The number of rotatable bonds is 6. The van der Waals surface area contributed by atoms with E-state index in [2.05, 4.69) is 17.1 Å². The zero-order valence-corrected chi connectivity index (χ0v) is 11.9. The van der Waals surface area contributed by atoms with Crippen LogP contribution in [0.15, 0.2) is 4.52 Å². The van der Waals surface area contributed by atoms with Crippen LogP contribution in [0.25, 0.3) is 0 Å². The molecule has 0 bridgehead atoms. The molecule has 2 N–H and O–H groups in total. The van der Waals surface area contributed by atoms with E-state index in [0.29, 0.717) is 24.9 Å². The van der Waals surface area contributed by atoms with Crippen molar-refractivity contribution >= 4 is 0 Å². The van der Waals surface area contributed by atoms with Crippen LogP contribution in [0.2, 0.25) is 0 Å². The molecule has 2 rings (SSSR count). The van der Waals surface area contributed by atoms with Gasteiger partial charge in [0.1, 0.15) is 6.61 Å². The average molecular weight is 267 g/mol. The van der Waals surface area contributed by atoms with E-state index in [4.69, 9.17) is 15.0 Å². The maximum atomic E-state index is 6.39. The van der Waals surface area contributed by atoms with Gasteiger partial charge in [-0.05, 0) is 19.3 Å². The lowest BCUT2D eigenvalue weighted by Crippen LogP contribution is -2.43. The summed E-state index contributed by atoms with van der Waals surface area (Å²) < 4.78 is 10.8. The Labute approximate surface area is 114 Å². The lowest BCUT2D eigenvalue weighted by Gasteiger charge is -2.27. The average Bonchev–Trinajstić information content (AvgIpc) is 2.71. The largest absolute Gasteiger partial charge is 0.371 e. The van der Waals surface area contributed by atoms with Gasteiger partial charge in [0.2, 0.25) is 5.89 Å². The maximum Gasteiger partial charge on any atom is 0.226 e. The Balaban J connectivity index is 1.75. The van der Waals surface area contributed by atoms with E-state index < -0.39 is 0 Å². The Morgan fingerprint density at radius 1 is 1.26 bits per heavy atom. The molecule has 0 saturated heterocycles. The van der Waals surface area contributed by atoms with Gasteiger partial charge in [-0.1, -0.05) is 37.8 Å². The van der Waals surface area contributed by atoms with E-state index in [0.717, 1.165) is 25.7 Å². The highest BCUT2D eigenvalue weighted by Gasteiger charge is 2.26. The van der Waals surface area contributed by atoms with Crippen molar-refractivity contribution in [1.82, 2.24) is 10.1 Å². The molecule has 108 valence electrons. The third-order valence-electron chi connectivity index (χ3n) is 3.69. The fourth-order valence-electron chi connectivity index (χ4n) is 2.59. The van der Waals surface area contributed by atoms with Crippen LogP contribution < -0.4 is 5.73 Å². The molecule has 5 heteroatoms. The molecule has 0 atom stereocenters. The quantitative estimate of drug-likeness (QED) is 0.802. The summed E-state index contributed by atoms with van der Waals surface area (Å²) in [5, 5.41) is 3.91. The predicted octanol–water partition coefficient (Wildman–Crippen LogP) is 2.59. The second kappa shape index (κ2) is 7.01. The molecule has 0 aromatic carbocycles. The number of ether oxygens (including phenoxy) is 1. The highest BCUT2D eigenvalue weighted by atomic mass is 16.5. The molecule has 0 radical (unpaired) electrons. The molecular formula is C14H25N3O2. The summed E-state index contributed by atoms with van der Waals surface area (Å²) in [5.41, 5.74) is 6.23. The normalized spacial score (nSPS) is 19.3. The molecule has 1 saturated carbocycles. The Morgan fingerprint density at radius 2 is 2.00 bits per heavy atom. The van der Waals surface area contributed by atoms with E-state index >= 15 is 0 Å². The Bertz CT molecular complexity index is 371. The second-order valence-corrected chi connectivity index (χ2v) is 5.62. The molecule has 0 amide bonds. The van der Waals surface area contributed by atoms with Crippen LogP contribution >= 0.6 is 0 Å². The van der Waals surface area contributed by atoms with Crippen molar-refractivity contribution in [2.45, 2.75) is 70.4 Å². The second-order valence-electron chi connectivity index (χ2n) is 5.62. The molecule has 0 aliphatic heterocycles. The smallest absolute Gasteiger partial charge is 0.226 e. The van der Waals surface area contributed by atoms with Gasteiger partial charge >= 0.3 is 0 Å². The lowest BCUT2D eigenvalue weighted by atomic mass is 9.93. The number of nitrogens with two attached hydrogens (primary N) is 1. The molecular weight excluding hydrogens is 242 g/mol. The van der Waals surface area contributed by atoms with E-state index in [-0.39, 0.29) is 5.54 Å². The SMILES string of the molecule is CCCc1nc(COCC2(N)CCCCCC2)no1. The zero-order valence-electron chi connectivity index (χ0n) is 11.9. The van der Waals surface area contributed by atoms with E-state index in [9.17, 15) is 0 Å². The van der Waals surface area contributed by atoms with Crippen LogP contribution in [-0.4, -0.2) is 22.3 Å². The first-order valence-corrected chi connectivity index (χ1v) is 7.40. The van der Waals surface area contributed by atoms with Gasteiger partial charge in [0.25, 0.3) is 0 Å². The minimum absolute atomic E-state index is 0.160. The van der Waals surface area contributed by atoms with Crippen LogP contribution in [0.5, 0.6) is 0 Å². The van der Waals surface area contributed by atoms with Crippen molar-refractivity contribution in [2.75, 3.05) is 6.61 Å². The first kappa shape index (κ1) is 14.5. The van der Waals surface area contributed by atoms with Gasteiger partial charge in [-0.2, -0.15) is 4.98 Å². The predicted molar refractivity (Wildman–Crippen MR) is 72.6 cm³/mol. The topological polar surface area (TPSA) is 74.2 Å². The Hall–Kier alpha value is -0.940. The zero-order chi connectivity index (χ0) is 13.6. The van der Waals surface area contributed by atoms with Crippen LogP contribution in [0.1, 0.15) is 63.6 Å². The van der Waals surface area contributed by atoms with Crippen LogP contribution in [0.4, 0.5) is 0 Å². The number of aromatic nitrogens is 2. The van der Waals surface area contributed by atoms with Crippen molar-refractivity contribution in [3.63, 3.8) is 0 Å². The minimum atomic E-state index is -0.160. The number of hydrogen-bond donors (Lipinski definition) is 1. The van der Waals surface area contributed by atoms with Gasteiger partial charge < -0.3 is 15.0 Å². The van der Waals surface area contributed by atoms with Gasteiger partial charge in [-0.3, -0.25) is 0 Å². The third-order valence-corrected chi connectivity index (χ3v) is 3.69. The van der Waals surface area contributed by atoms with Gasteiger partial charge in [0, 0.05) is 12.0 Å². The number of aryl methyl sites for hydroxylation is 1. The molecule has 1 aromatic heterocycles. The molecule has 0 unspecified atom stereocenters. The minimum Gasteiger partial charge on any atom is -0.371 e. The first-order valence-electron chi connectivity index (χ1n) is 7.40. The molecule has 1 aliphatic rings. The summed E-state index contributed by atoms with van der Waals surface area (Å²) in [7, 11) is 0. The van der Waals surface area contributed by atoms with Crippen molar-refractivity contribution in [1.29, 1.82) is 0 Å². The van der Waals surface area contributed by atoms with Gasteiger partial charge in [0.15, 0.2) is 5.82 Å². The molecule has 1 heterocycles. The first-order chi connectivity index (χ1) is 9.22. The lowest BCUT2D eigenvalue weighted by molar-refractivity contribution is 0.0619. The fraction of sp³-hybridized carbons (Fsp3) is 0.857. The van der Waals surface area contributed by atoms with Crippen molar-refractivity contribution in [3.05, 3.63) is 11.7 Å². The fourth-order valence-corrected chi connectivity index (χ4v) is 2.59. The summed E-state index contributed by atoms with van der Waals surface area (Å²) in [6.07, 6.45) is 8.96. The van der Waals surface area contributed by atoms with Crippen molar-refractivity contribution < 1.29 is 9.26 Å². The van der Waals surface area contributed by atoms with Crippen LogP contribution in [0.3, 0.4) is 0 Å². The summed E-state index contributed by atoms with van der Waals surface area (Å²) in [4.78, 5) is 4.28. The molecule has 1 aliphatic carbocycles. The number of hydrogen-bond acceptors (Lipinski definition) is 5. The maximum absolute atomic E-state index is 6.39. The van der Waals surface area contributed by atoms with Gasteiger partial charge in [-0.25, -0.2) is 0 Å². The van der Waals surface area contributed by atoms with Crippen molar-refractivity contribution in [3.8, 4) is 0 Å². The molecule has 1 fully saturated rings. The van der Waals surface area contributed by atoms with Gasteiger partial charge in [0.05, 0.1) is 6.61 Å². The highest BCUT2D eigenvalue weighted by Crippen LogP contribution is 2.25. The Kier molecular flexibility index (Phi) is 5.34. The summed E-state index contributed by atoms with van der Waals surface area (Å²) >= 11 is 0. The van der Waals surface area contributed by atoms with Crippen LogP contribution in [-0.2, 0) is 17.8 Å². The monoisotopic (exact) mass is 267 g/mol. The highest BCUT2D eigenvalue weighted by molar-refractivity contribution is 4.87. The standard InChI is InChI=1S/C14H25N3O2/c1-2-7-13-16-12(17-19-13)10-18-11-14(15)8-5-3-4-6-9-14/h2-11,15H2,1H3. The molecule has 19 heavy (non-hydrogen) atoms. The van der Waals surface area contributed by atoms with Gasteiger partial charge in [-0.15, -0.1) is 0 Å². The third kappa shape index (κ3) is 4.58. The molecule has 5 nitrogen and oxygen atoms in total. The number of nitrogens with zero attached hydrogens (tertiary/aromatic N) is 2. The van der Waals surface area contributed by atoms with Crippen molar-refractivity contribution in [2.24, 2.45) is 5.73 Å². The van der Waals surface area contributed by atoms with E-state index in [1.54, 1.807) is 0 Å². The summed E-state index contributed by atoms with van der Waals surface area (Å²) in [6.45, 7) is 3.07. The Morgan fingerprint density at radius 3 is 2.68 bits per heavy atom. The summed E-state index contributed by atoms with van der Waals surface area (Å²) in [6, 6.07) is 0. The van der Waals surface area contributed by atoms with E-state index in [1.165, 1.54) is 25.7 Å². The molecule has 0 spiro atoms. The summed E-state index contributed by atoms with van der Waals surface area (Å²) in [5.74, 6) is 1.32. The molecule has 1 aromatic rings. The van der Waals surface area contributed by atoms with Crippen LogP contribution in [0, 0.1) is 0 Å². The van der Waals surface area contributed by atoms with E-state index in [1.807, 2.05) is 0 Å².